The van der Waals surface area contributed by atoms with Crippen molar-refractivity contribution < 1.29 is 8.81 Å². The maximum absolute atomic E-state index is 12.8. The largest absolute Gasteiger partial charge is 0.469 e. The lowest BCUT2D eigenvalue weighted by molar-refractivity contribution is 0.475. The standard InChI is InChI=1S/C13H14FNO/c14-11-5-3-10(4-6-11)12(7-8-15)13-2-1-9-16-13/h1-6,9,12H,7-8,15H2/t12-/m0/s1. The summed E-state index contributed by atoms with van der Waals surface area (Å²) in [6.45, 7) is 0.572. The lowest BCUT2D eigenvalue weighted by atomic mass is 9.93. The topological polar surface area (TPSA) is 39.2 Å². The molecule has 2 aromatic rings. The predicted molar refractivity (Wildman–Crippen MR) is 60.6 cm³/mol. The molecule has 0 amide bonds. The van der Waals surface area contributed by atoms with E-state index in [1.54, 1.807) is 18.4 Å². The molecule has 1 aromatic carbocycles. The summed E-state index contributed by atoms with van der Waals surface area (Å²) >= 11 is 0. The number of hydrogen-bond donors (Lipinski definition) is 1. The highest BCUT2D eigenvalue weighted by Crippen LogP contribution is 2.27. The van der Waals surface area contributed by atoms with Crippen LogP contribution in [0.4, 0.5) is 4.39 Å². The van der Waals surface area contributed by atoms with Crippen LogP contribution in [0.3, 0.4) is 0 Å². The van der Waals surface area contributed by atoms with Gasteiger partial charge in [-0.25, -0.2) is 4.39 Å². The number of halogens is 1. The Morgan fingerprint density at radius 1 is 1.19 bits per heavy atom. The van der Waals surface area contributed by atoms with E-state index in [1.807, 2.05) is 12.1 Å². The van der Waals surface area contributed by atoms with Gasteiger partial charge in [0.2, 0.25) is 0 Å². The predicted octanol–water partition coefficient (Wildman–Crippen LogP) is 2.90. The summed E-state index contributed by atoms with van der Waals surface area (Å²) in [4.78, 5) is 0. The normalized spacial score (nSPS) is 12.6. The molecule has 2 N–H and O–H groups in total. The van der Waals surface area contributed by atoms with E-state index in [4.69, 9.17) is 10.2 Å². The maximum atomic E-state index is 12.8. The van der Waals surface area contributed by atoms with Gasteiger partial charge >= 0.3 is 0 Å². The summed E-state index contributed by atoms with van der Waals surface area (Å²) in [6, 6.07) is 10.2. The first-order chi connectivity index (χ1) is 7.81. The minimum Gasteiger partial charge on any atom is -0.469 e. The monoisotopic (exact) mass is 219 g/mol. The summed E-state index contributed by atoms with van der Waals surface area (Å²) in [5.74, 6) is 0.757. The molecule has 0 radical (unpaired) electrons. The van der Waals surface area contributed by atoms with Crippen LogP contribution in [0.2, 0.25) is 0 Å². The summed E-state index contributed by atoms with van der Waals surface area (Å²) in [5, 5.41) is 0. The zero-order valence-electron chi connectivity index (χ0n) is 8.90. The Morgan fingerprint density at radius 3 is 2.50 bits per heavy atom. The SMILES string of the molecule is NCC[C@@H](c1ccc(F)cc1)c1ccco1. The third-order valence-corrected chi connectivity index (χ3v) is 2.61. The lowest BCUT2D eigenvalue weighted by Gasteiger charge is -2.13. The van der Waals surface area contributed by atoms with Crippen molar-refractivity contribution in [3.63, 3.8) is 0 Å². The van der Waals surface area contributed by atoms with Crippen molar-refractivity contribution in [3.05, 3.63) is 59.8 Å². The Morgan fingerprint density at radius 2 is 1.94 bits per heavy atom. The highest BCUT2D eigenvalue weighted by atomic mass is 19.1. The van der Waals surface area contributed by atoms with Gasteiger partial charge in [0.05, 0.1) is 6.26 Å². The fourth-order valence-corrected chi connectivity index (χ4v) is 1.82. The van der Waals surface area contributed by atoms with E-state index >= 15 is 0 Å². The Balaban J connectivity index is 2.29. The Kier molecular flexibility index (Phi) is 3.37. The molecular weight excluding hydrogens is 205 g/mol. The van der Waals surface area contributed by atoms with E-state index in [-0.39, 0.29) is 11.7 Å². The van der Waals surface area contributed by atoms with Gasteiger partial charge in [0.15, 0.2) is 0 Å². The quantitative estimate of drug-likeness (QED) is 0.858. The molecule has 1 atom stereocenters. The average Bonchev–Trinajstić information content (AvgIpc) is 2.81. The van der Waals surface area contributed by atoms with Crippen molar-refractivity contribution in [2.75, 3.05) is 6.54 Å². The van der Waals surface area contributed by atoms with Crippen molar-refractivity contribution in [3.8, 4) is 0 Å². The van der Waals surface area contributed by atoms with Gasteiger partial charge in [-0.05, 0) is 42.8 Å². The van der Waals surface area contributed by atoms with Crippen LogP contribution >= 0.6 is 0 Å². The number of rotatable bonds is 4. The van der Waals surface area contributed by atoms with Crippen LogP contribution < -0.4 is 5.73 Å². The third-order valence-electron chi connectivity index (χ3n) is 2.61. The maximum Gasteiger partial charge on any atom is 0.123 e. The van der Waals surface area contributed by atoms with Crippen LogP contribution in [0.1, 0.15) is 23.7 Å². The van der Waals surface area contributed by atoms with Crippen LogP contribution in [-0.4, -0.2) is 6.54 Å². The number of benzene rings is 1. The molecule has 2 rings (SSSR count). The highest BCUT2D eigenvalue weighted by Gasteiger charge is 2.15. The van der Waals surface area contributed by atoms with Gasteiger partial charge in [-0.15, -0.1) is 0 Å². The second-order valence-electron chi connectivity index (χ2n) is 3.70. The van der Waals surface area contributed by atoms with Gasteiger partial charge in [-0.3, -0.25) is 0 Å². The number of nitrogens with two attached hydrogens (primary N) is 1. The fraction of sp³-hybridized carbons (Fsp3) is 0.231. The van der Waals surface area contributed by atoms with Gasteiger partial charge in [0.1, 0.15) is 11.6 Å². The molecule has 1 aromatic heterocycles. The van der Waals surface area contributed by atoms with Crippen molar-refractivity contribution in [1.29, 1.82) is 0 Å². The molecule has 3 heteroatoms. The van der Waals surface area contributed by atoms with Crippen LogP contribution in [0.5, 0.6) is 0 Å². The molecule has 0 aliphatic carbocycles. The van der Waals surface area contributed by atoms with E-state index in [2.05, 4.69) is 0 Å². The van der Waals surface area contributed by atoms with Gasteiger partial charge in [-0.2, -0.15) is 0 Å². The molecule has 16 heavy (non-hydrogen) atoms. The van der Waals surface area contributed by atoms with E-state index in [1.165, 1.54) is 12.1 Å². The van der Waals surface area contributed by atoms with Gasteiger partial charge < -0.3 is 10.2 Å². The minimum atomic E-state index is -0.227. The molecular formula is C13H14FNO. The lowest BCUT2D eigenvalue weighted by Crippen LogP contribution is -2.08. The van der Waals surface area contributed by atoms with Crippen LogP contribution in [0.25, 0.3) is 0 Å². The smallest absolute Gasteiger partial charge is 0.123 e. The van der Waals surface area contributed by atoms with Crippen LogP contribution in [-0.2, 0) is 0 Å². The molecule has 0 bridgehead atoms. The van der Waals surface area contributed by atoms with E-state index in [0.717, 1.165) is 17.7 Å². The molecule has 2 nitrogen and oxygen atoms in total. The molecule has 0 unspecified atom stereocenters. The molecule has 0 aliphatic heterocycles. The van der Waals surface area contributed by atoms with E-state index in [9.17, 15) is 4.39 Å². The second kappa shape index (κ2) is 4.94. The number of hydrogen-bond acceptors (Lipinski definition) is 2. The molecule has 0 saturated heterocycles. The average molecular weight is 219 g/mol. The van der Waals surface area contributed by atoms with Crippen molar-refractivity contribution in [2.45, 2.75) is 12.3 Å². The molecule has 1 heterocycles. The van der Waals surface area contributed by atoms with Gasteiger partial charge in [-0.1, -0.05) is 12.1 Å². The summed E-state index contributed by atoms with van der Waals surface area (Å²) in [6.07, 6.45) is 2.43. The Hall–Kier alpha value is -1.61. The van der Waals surface area contributed by atoms with Gasteiger partial charge in [0, 0.05) is 5.92 Å². The second-order valence-corrected chi connectivity index (χ2v) is 3.70. The Labute approximate surface area is 93.9 Å². The summed E-state index contributed by atoms with van der Waals surface area (Å²) in [5.41, 5.74) is 6.62. The first-order valence-electron chi connectivity index (χ1n) is 5.30. The van der Waals surface area contributed by atoms with Crippen LogP contribution in [0.15, 0.2) is 47.1 Å². The minimum absolute atomic E-state index is 0.112. The third kappa shape index (κ3) is 2.31. The van der Waals surface area contributed by atoms with Crippen LogP contribution in [0, 0.1) is 5.82 Å². The van der Waals surface area contributed by atoms with Gasteiger partial charge in [0.25, 0.3) is 0 Å². The molecule has 0 aliphatic rings. The van der Waals surface area contributed by atoms with E-state index in [0.29, 0.717) is 6.54 Å². The van der Waals surface area contributed by atoms with Crippen molar-refractivity contribution >= 4 is 0 Å². The number of furan rings is 1. The summed E-state index contributed by atoms with van der Waals surface area (Å²) in [7, 11) is 0. The molecule has 0 saturated carbocycles. The zero-order chi connectivity index (χ0) is 11.4. The Bertz CT molecular complexity index is 422. The first-order valence-corrected chi connectivity index (χ1v) is 5.30. The molecule has 0 fully saturated rings. The van der Waals surface area contributed by atoms with Crippen molar-refractivity contribution in [1.82, 2.24) is 0 Å². The summed E-state index contributed by atoms with van der Waals surface area (Å²) < 4.78 is 18.2. The highest BCUT2D eigenvalue weighted by molar-refractivity contribution is 5.27. The fourth-order valence-electron chi connectivity index (χ4n) is 1.82. The van der Waals surface area contributed by atoms with E-state index < -0.39 is 0 Å². The molecule has 0 spiro atoms. The zero-order valence-corrected chi connectivity index (χ0v) is 8.90. The molecule has 84 valence electrons. The first kappa shape index (κ1) is 10.9. The van der Waals surface area contributed by atoms with Crippen molar-refractivity contribution in [2.24, 2.45) is 5.73 Å².